The van der Waals surface area contributed by atoms with E-state index in [1.807, 2.05) is 0 Å². The first kappa shape index (κ1) is 12.9. The molecule has 0 unspecified atom stereocenters. The summed E-state index contributed by atoms with van der Waals surface area (Å²) in [6.07, 6.45) is 4.50. The van der Waals surface area contributed by atoms with Crippen molar-refractivity contribution in [2.45, 2.75) is 38.1 Å². The Kier molecular flexibility index (Phi) is 3.79. The van der Waals surface area contributed by atoms with Gasteiger partial charge in [0.25, 0.3) is 5.91 Å². The first-order chi connectivity index (χ1) is 8.00. The highest BCUT2D eigenvalue weighted by molar-refractivity contribution is 9.10. The average molecular weight is 317 g/mol. The largest absolute Gasteiger partial charge is 0.347 e. The molecule has 0 spiro atoms. The summed E-state index contributed by atoms with van der Waals surface area (Å²) in [5, 5.41) is 3.75. The number of hydrogen-bond donors (Lipinski definition) is 1. The molecule has 1 aromatic rings. The molecule has 2 rings (SSSR count). The highest BCUT2D eigenvalue weighted by Gasteiger charge is 2.30. The van der Waals surface area contributed by atoms with Gasteiger partial charge in [0.2, 0.25) is 0 Å². The molecule has 1 saturated carbocycles. The van der Waals surface area contributed by atoms with Gasteiger partial charge in [0.15, 0.2) is 0 Å². The van der Waals surface area contributed by atoms with E-state index in [4.69, 9.17) is 11.6 Å². The molecule has 4 heteroatoms. The lowest BCUT2D eigenvalue weighted by molar-refractivity contribution is 0.0907. The van der Waals surface area contributed by atoms with E-state index in [1.54, 1.807) is 18.2 Å². The van der Waals surface area contributed by atoms with E-state index in [0.717, 1.165) is 17.3 Å². The Balaban J connectivity index is 2.14. The topological polar surface area (TPSA) is 29.1 Å². The summed E-state index contributed by atoms with van der Waals surface area (Å²) < 4.78 is 0.740. The van der Waals surface area contributed by atoms with Crippen LogP contribution in [0.3, 0.4) is 0 Å². The highest BCUT2D eigenvalue weighted by Crippen LogP contribution is 2.30. The molecule has 1 aliphatic carbocycles. The van der Waals surface area contributed by atoms with Gasteiger partial charge in [-0.1, -0.05) is 24.4 Å². The fourth-order valence-corrected chi connectivity index (χ4v) is 3.16. The number of amides is 1. The standard InChI is InChI=1S/C13H15BrClNO/c1-13(6-2-3-7-13)16-12(17)10-5-4-9(15)8-11(10)14/h4-5,8H,2-3,6-7H2,1H3,(H,16,17). The molecule has 0 bridgehead atoms. The van der Waals surface area contributed by atoms with E-state index in [0.29, 0.717) is 10.6 Å². The Bertz CT molecular complexity index is 441. The third-order valence-electron chi connectivity index (χ3n) is 3.30. The molecule has 1 aromatic carbocycles. The molecule has 1 N–H and O–H groups in total. The summed E-state index contributed by atoms with van der Waals surface area (Å²) in [7, 11) is 0. The van der Waals surface area contributed by atoms with Crippen molar-refractivity contribution in [1.29, 1.82) is 0 Å². The lowest BCUT2D eigenvalue weighted by atomic mass is 10.00. The third-order valence-corrected chi connectivity index (χ3v) is 4.19. The first-order valence-electron chi connectivity index (χ1n) is 5.78. The minimum atomic E-state index is -0.0455. The van der Waals surface area contributed by atoms with Gasteiger partial charge in [-0.15, -0.1) is 0 Å². The Morgan fingerprint density at radius 1 is 1.41 bits per heavy atom. The van der Waals surface area contributed by atoms with Gasteiger partial charge < -0.3 is 5.32 Å². The van der Waals surface area contributed by atoms with Crippen LogP contribution >= 0.6 is 27.5 Å². The molecule has 1 aliphatic rings. The van der Waals surface area contributed by atoms with Crippen molar-refractivity contribution in [3.05, 3.63) is 33.3 Å². The van der Waals surface area contributed by atoms with E-state index in [2.05, 4.69) is 28.2 Å². The fraction of sp³-hybridized carbons (Fsp3) is 0.462. The van der Waals surface area contributed by atoms with Crippen molar-refractivity contribution >= 4 is 33.4 Å². The van der Waals surface area contributed by atoms with E-state index >= 15 is 0 Å². The van der Waals surface area contributed by atoms with Crippen molar-refractivity contribution in [1.82, 2.24) is 5.32 Å². The van der Waals surface area contributed by atoms with Gasteiger partial charge in [0.1, 0.15) is 0 Å². The number of carbonyl (C=O) groups excluding carboxylic acids is 1. The van der Waals surface area contributed by atoms with Crippen molar-refractivity contribution in [3.8, 4) is 0 Å². The molecule has 17 heavy (non-hydrogen) atoms. The number of nitrogens with one attached hydrogen (secondary N) is 1. The molecule has 0 aliphatic heterocycles. The van der Waals surface area contributed by atoms with Crippen molar-refractivity contribution in [2.24, 2.45) is 0 Å². The molecule has 0 radical (unpaired) electrons. The number of halogens is 2. The van der Waals surface area contributed by atoms with Gasteiger partial charge in [0, 0.05) is 15.0 Å². The van der Waals surface area contributed by atoms with Crippen LogP contribution < -0.4 is 5.32 Å². The minimum absolute atomic E-state index is 0.0297. The second kappa shape index (κ2) is 4.99. The average Bonchev–Trinajstić information content (AvgIpc) is 2.64. The van der Waals surface area contributed by atoms with E-state index in [1.165, 1.54) is 12.8 Å². The summed E-state index contributed by atoms with van der Waals surface area (Å²) in [5.41, 5.74) is 0.596. The van der Waals surface area contributed by atoms with E-state index in [-0.39, 0.29) is 11.4 Å². The zero-order valence-corrected chi connectivity index (χ0v) is 12.1. The van der Waals surface area contributed by atoms with Gasteiger partial charge in [-0.05, 0) is 53.9 Å². The molecule has 0 atom stereocenters. The number of carbonyl (C=O) groups is 1. The van der Waals surface area contributed by atoms with E-state index < -0.39 is 0 Å². The molecule has 1 fully saturated rings. The Morgan fingerprint density at radius 2 is 2.06 bits per heavy atom. The normalized spacial score (nSPS) is 18.1. The van der Waals surface area contributed by atoms with Gasteiger partial charge in [-0.2, -0.15) is 0 Å². The maximum absolute atomic E-state index is 12.2. The Hall–Kier alpha value is -0.540. The summed E-state index contributed by atoms with van der Waals surface area (Å²) in [6, 6.07) is 5.23. The molecule has 0 aromatic heterocycles. The molecular weight excluding hydrogens is 302 g/mol. The van der Waals surface area contributed by atoms with Crippen molar-refractivity contribution in [3.63, 3.8) is 0 Å². The van der Waals surface area contributed by atoms with Gasteiger partial charge in [-0.3, -0.25) is 4.79 Å². The van der Waals surface area contributed by atoms with Crippen LogP contribution in [0.5, 0.6) is 0 Å². The molecular formula is C13H15BrClNO. The third kappa shape index (κ3) is 3.02. The predicted molar refractivity (Wildman–Crippen MR) is 73.5 cm³/mol. The maximum atomic E-state index is 12.2. The SMILES string of the molecule is CC1(NC(=O)c2ccc(Cl)cc2Br)CCCC1. The van der Waals surface area contributed by atoms with Crippen LogP contribution in [0.15, 0.2) is 22.7 Å². The van der Waals surface area contributed by atoms with Crippen molar-refractivity contribution < 1.29 is 4.79 Å². The number of rotatable bonds is 2. The lowest BCUT2D eigenvalue weighted by Gasteiger charge is -2.25. The Morgan fingerprint density at radius 3 is 2.65 bits per heavy atom. The number of hydrogen-bond acceptors (Lipinski definition) is 1. The van der Waals surface area contributed by atoms with Crippen LogP contribution in [0.25, 0.3) is 0 Å². The quantitative estimate of drug-likeness (QED) is 0.872. The molecule has 0 saturated heterocycles. The van der Waals surface area contributed by atoms with Crippen LogP contribution in [-0.4, -0.2) is 11.4 Å². The van der Waals surface area contributed by atoms with Crippen LogP contribution in [0, 0.1) is 0 Å². The summed E-state index contributed by atoms with van der Waals surface area (Å²) in [4.78, 5) is 12.2. The van der Waals surface area contributed by atoms with Crippen molar-refractivity contribution in [2.75, 3.05) is 0 Å². The second-order valence-corrected chi connectivity index (χ2v) is 6.14. The zero-order valence-electron chi connectivity index (χ0n) is 9.72. The minimum Gasteiger partial charge on any atom is -0.347 e. The van der Waals surface area contributed by atoms with Gasteiger partial charge >= 0.3 is 0 Å². The molecule has 0 heterocycles. The van der Waals surface area contributed by atoms with Crippen LogP contribution in [0.1, 0.15) is 43.0 Å². The molecule has 1 amide bonds. The first-order valence-corrected chi connectivity index (χ1v) is 6.95. The predicted octanol–water partition coefficient (Wildman–Crippen LogP) is 4.17. The van der Waals surface area contributed by atoms with Gasteiger partial charge in [0.05, 0.1) is 5.56 Å². The summed E-state index contributed by atoms with van der Waals surface area (Å²) >= 11 is 9.23. The van der Waals surface area contributed by atoms with Crippen LogP contribution in [-0.2, 0) is 0 Å². The molecule has 2 nitrogen and oxygen atoms in total. The van der Waals surface area contributed by atoms with Crippen LogP contribution in [0.4, 0.5) is 0 Å². The summed E-state index contributed by atoms with van der Waals surface area (Å²) in [6.45, 7) is 2.11. The molecule has 92 valence electrons. The monoisotopic (exact) mass is 315 g/mol. The highest BCUT2D eigenvalue weighted by atomic mass is 79.9. The van der Waals surface area contributed by atoms with Gasteiger partial charge in [-0.25, -0.2) is 0 Å². The summed E-state index contributed by atoms with van der Waals surface area (Å²) in [5.74, 6) is -0.0297. The number of benzene rings is 1. The smallest absolute Gasteiger partial charge is 0.252 e. The second-order valence-electron chi connectivity index (χ2n) is 4.85. The fourth-order valence-electron chi connectivity index (χ4n) is 2.30. The van der Waals surface area contributed by atoms with E-state index in [9.17, 15) is 4.79 Å². The van der Waals surface area contributed by atoms with Crippen LogP contribution in [0.2, 0.25) is 5.02 Å². The zero-order chi connectivity index (χ0) is 12.5. The lowest BCUT2D eigenvalue weighted by Crippen LogP contribution is -2.43. The maximum Gasteiger partial charge on any atom is 0.252 e. The Labute approximate surface area is 115 Å².